The first-order valence-corrected chi connectivity index (χ1v) is 6.51. The van der Waals surface area contributed by atoms with Crippen molar-refractivity contribution < 1.29 is 0 Å². The Labute approximate surface area is 109 Å². The molecule has 3 nitrogen and oxygen atoms in total. The fourth-order valence-electron chi connectivity index (χ4n) is 2.24. The molecular weight excluding hydrogens is 222 g/mol. The largest absolute Gasteiger partial charge is 0.314 e. The van der Waals surface area contributed by atoms with Crippen LogP contribution in [-0.2, 0) is 13.5 Å². The minimum absolute atomic E-state index is 0.526. The van der Waals surface area contributed by atoms with Crippen LogP contribution in [0.25, 0.3) is 11.3 Å². The Balaban J connectivity index is 2.08. The standard InChI is InChI=1S/C15H21N3/c1-4-16-12(2)11-13-5-7-14(8-6-13)15-9-10-17-18(15)3/h5-10,12,16H,4,11H2,1-3H3. The molecule has 0 saturated heterocycles. The zero-order valence-electron chi connectivity index (χ0n) is 11.4. The molecule has 0 bridgehead atoms. The van der Waals surface area contributed by atoms with Crippen LogP contribution in [0.1, 0.15) is 19.4 Å². The average molecular weight is 243 g/mol. The van der Waals surface area contributed by atoms with Crippen molar-refractivity contribution in [2.45, 2.75) is 26.3 Å². The molecule has 0 aliphatic carbocycles. The van der Waals surface area contributed by atoms with Crippen molar-refractivity contribution in [1.29, 1.82) is 0 Å². The molecule has 1 atom stereocenters. The molecule has 18 heavy (non-hydrogen) atoms. The van der Waals surface area contributed by atoms with Gasteiger partial charge in [0.2, 0.25) is 0 Å². The fourth-order valence-corrected chi connectivity index (χ4v) is 2.24. The van der Waals surface area contributed by atoms with Crippen molar-refractivity contribution in [2.24, 2.45) is 7.05 Å². The highest BCUT2D eigenvalue weighted by atomic mass is 15.2. The molecule has 0 saturated carbocycles. The quantitative estimate of drug-likeness (QED) is 0.875. The van der Waals surface area contributed by atoms with Gasteiger partial charge in [0.05, 0.1) is 5.69 Å². The Hall–Kier alpha value is -1.61. The lowest BCUT2D eigenvalue weighted by atomic mass is 10.0. The van der Waals surface area contributed by atoms with E-state index in [9.17, 15) is 0 Å². The SMILES string of the molecule is CCNC(C)Cc1ccc(-c2ccnn2C)cc1. The maximum absolute atomic E-state index is 4.19. The van der Waals surface area contributed by atoms with Gasteiger partial charge in [-0.05, 0) is 37.1 Å². The topological polar surface area (TPSA) is 29.9 Å². The molecule has 0 aliphatic heterocycles. The zero-order chi connectivity index (χ0) is 13.0. The molecule has 1 aromatic carbocycles. The van der Waals surface area contributed by atoms with E-state index in [1.807, 2.05) is 24.0 Å². The number of aryl methyl sites for hydroxylation is 1. The Morgan fingerprint density at radius 3 is 2.50 bits per heavy atom. The van der Waals surface area contributed by atoms with Crippen LogP contribution in [0.5, 0.6) is 0 Å². The van der Waals surface area contributed by atoms with E-state index in [0.29, 0.717) is 6.04 Å². The summed E-state index contributed by atoms with van der Waals surface area (Å²) in [4.78, 5) is 0. The van der Waals surface area contributed by atoms with Crippen LogP contribution >= 0.6 is 0 Å². The van der Waals surface area contributed by atoms with Gasteiger partial charge in [-0.25, -0.2) is 0 Å². The molecule has 1 N–H and O–H groups in total. The first kappa shape index (κ1) is 12.8. The van der Waals surface area contributed by atoms with Gasteiger partial charge in [-0.3, -0.25) is 4.68 Å². The van der Waals surface area contributed by atoms with Crippen molar-refractivity contribution in [3.63, 3.8) is 0 Å². The minimum Gasteiger partial charge on any atom is -0.314 e. The van der Waals surface area contributed by atoms with Crippen LogP contribution in [0.2, 0.25) is 0 Å². The number of rotatable bonds is 5. The summed E-state index contributed by atoms with van der Waals surface area (Å²) in [5, 5.41) is 7.63. The summed E-state index contributed by atoms with van der Waals surface area (Å²) in [7, 11) is 1.97. The van der Waals surface area contributed by atoms with E-state index >= 15 is 0 Å². The monoisotopic (exact) mass is 243 g/mol. The molecule has 1 aromatic heterocycles. The van der Waals surface area contributed by atoms with Crippen molar-refractivity contribution in [1.82, 2.24) is 15.1 Å². The number of nitrogens with zero attached hydrogens (tertiary/aromatic N) is 2. The third-order valence-corrected chi connectivity index (χ3v) is 3.17. The molecule has 1 heterocycles. The molecule has 1 unspecified atom stereocenters. The van der Waals surface area contributed by atoms with Crippen LogP contribution in [0.4, 0.5) is 0 Å². The number of nitrogens with one attached hydrogen (secondary N) is 1. The molecule has 0 fully saturated rings. The highest BCUT2D eigenvalue weighted by molar-refractivity contribution is 5.59. The van der Waals surface area contributed by atoms with E-state index in [2.05, 4.69) is 48.5 Å². The Bertz CT molecular complexity index is 485. The van der Waals surface area contributed by atoms with Crippen molar-refractivity contribution in [2.75, 3.05) is 6.54 Å². The second-order valence-electron chi connectivity index (χ2n) is 4.70. The van der Waals surface area contributed by atoms with Crippen molar-refractivity contribution >= 4 is 0 Å². The van der Waals surface area contributed by atoms with Gasteiger partial charge in [-0.2, -0.15) is 5.10 Å². The lowest BCUT2D eigenvalue weighted by molar-refractivity contribution is 0.565. The second kappa shape index (κ2) is 5.83. The van der Waals surface area contributed by atoms with Crippen LogP contribution in [0, 0.1) is 0 Å². The van der Waals surface area contributed by atoms with Gasteiger partial charge in [0.25, 0.3) is 0 Å². The molecule has 0 spiro atoms. The summed E-state index contributed by atoms with van der Waals surface area (Å²) in [6, 6.07) is 11.3. The number of likely N-dealkylation sites (N-methyl/N-ethyl adjacent to an activating group) is 1. The van der Waals surface area contributed by atoms with E-state index in [4.69, 9.17) is 0 Å². The lowest BCUT2D eigenvalue weighted by Crippen LogP contribution is -2.27. The predicted molar refractivity (Wildman–Crippen MR) is 75.5 cm³/mol. The first-order chi connectivity index (χ1) is 8.70. The van der Waals surface area contributed by atoms with E-state index in [1.54, 1.807) is 0 Å². The van der Waals surface area contributed by atoms with Crippen LogP contribution < -0.4 is 5.32 Å². The Morgan fingerprint density at radius 1 is 1.22 bits per heavy atom. The maximum Gasteiger partial charge on any atom is 0.0678 e. The number of hydrogen-bond donors (Lipinski definition) is 1. The summed E-state index contributed by atoms with van der Waals surface area (Å²) >= 11 is 0. The molecule has 0 radical (unpaired) electrons. The highest BCUT2D eigenvalue weighted by Crippen LogP contribution is 2.19. The summed E-state index contributed by atoms with van der Waals surface area (Å²) in [6.45, 7) is 5.38. The van der Waals surface area contributed by atoms with E-state index < -0.39 is 0 Å². The van der Waals surface area contributed by atoms with Gasteiger partial charge in [-0.15, -0.1) is 0 Å². The Kier molecular flexibility index (Phi) is 4.15. The minimum atomic E-state index is 0.526. The van der Waals surface area contributed by atoms with Gasteiger partial charge >= 0.3 is 0 Å². The van der Waals surface area contributed by atoms with Gasteiger partial charge in [0.15, 0.2) is 0 Å². The van der Waals surface area contributed by atoms with Gasteiger partial charge in [0, 0.05) is 19.3 Å². The molecule has 0 amide bonds. The van der Waals surface area contributed by atoms with Crippen molar-refractivity contribution in [3.8, 4) is 11.3 Å². The third-order valence-electron chi connectivity index (χ3n) is 3.17. The average Bonchev–Trinajstić information content (AvgIpc) is 2.77. The van der Waals surface area contributed by atoms with Crippen LogP contribution in [-0.4, -0.2) is 22.4 Å². The second-order valence-corrected chi connectivity index (χ2v) is 4.70. The van der Waals surface area contributed by atoms with Gasteiger partial charge < -0.3 is 5.32 Å². The lowest BCUT2D eigenvalue weighted by Gasteiger charge is -2.12. The molecule has 2 rings (SSSR count). The summed E-state index contributed by atoms with van der Waals surface area (Å²) in [5.41, 5.74) is 3.74. The van der Waals surface area contributed by atoms with E-state index in [0.717, 1.165) is 18.7 Å². The third kappa shape index (κ3) is 2.99. The highest BCUT2D eigenvalue weighted by Gasteiger charge is 2.04. The summed E-state index contributed by atoms with van der Waals surface area (Å²) in [6.07, 6.45) is 2.90. The summed E-state index contributed by atoms with van der Waals surface area (Å²) in [5.74, 6) is 0. The van der Waals surface area contributed by atoms with Crippen LogP contribution in [0.3, 0.4) is 0 Å². The van der Waals surface area contributed by atoms with Gasteiger partial charge in [0.1, 0.15) is 0 Å². The molecule has 0 aliphatic rings. The van der Waals surface area contributed by atoms with Crippen LogP contribution in [0.15, 0.2) is 36.5 Å². The normalized spacial score (nSPS) is 12.6. The number of benzene rings is 1. The molecular formula is C15H21N3. The molecule has 3 heteroatoms. The zero-order valence-corrected chi connectivity index (χ0v) is 11.4. The first-order valence-electron chi connectivity index (χ1n) is 6.51. The summed E-state index contributed by atoms with van der Waals surface area (Å²) < 4.78 is 1.90. The van der Waals surface area contributed by atoms with Crippen molar-refractivity contribution in [3.05, 3.63) is 42.1 Å². The maximum atomic E-state index is 4.19. The molecule has 2 aromatic rings. The van der Waals surface area contributed by atoms with E-state index in [1.165, 1.54) is 11.1 Å². The van der Waals surface area contributed by atoms with E-state index in [-0.39, 0.29) is 0 Å². The smallest absolute Gasteiger partial charge is 0.0678 e. The van der Waals surface area contributed by atoms with Gasteiger partial charge in [-0.1, -0.05) is 31.2 Å². The predicted octanol–water partition coefficient (Wildman–Crippen LogP) is 2.63. The fraction of sp³-hybridized carbons (Fsp3) is 0.400. The number of hydrogen-bond acceptors (Lipinski definition) is 2. The molecule has 96 valence electrons. The Morgan fingerprint density at radius 2 is 1.94 bits per heavy atom. The number of aromatic nitrogens is 2.